The molecule has 0 bridgehead atoms. The highest BCUT2D eigenvalue weighted by molar-refractivity contribution is 7.80. The number of hydrogen-bond acceptors (Lipinski definition) is 2. The van der Waals surface area contributed by atoms with Crippen LogP contribution in [0.15, 0.2) is 0 Å². The van der Waals surface area contributed by atoms with Gasteiger partial charge >= 0.3 is 0 Å². The zero-order valence-electron chi connectivity index (χ0n) is 8.29. The van der Waals surface area contributed by atoms with E-state index in [1.54, 1.807) is 0 Å². The SMILES string of the molecule is CCCN(CC(C)CS)C1CC1. The Morgan fingerprint density at radius 1 is 1.50 bits per heavy atom. The third-order valence-corrected chi connectivity index (χ3v) is 3.06. The highest BCUT2D eigenvalue weighted by Crippen LogP contribution is 2.27. The van der Waals surface area contributed by atoms with Crippen molar-refractivity contribution in [1.29, 1.82) is 0 Å². The number of nitrogens with zero attached hydrogens (tertiary/aromatic N) is 1. The van der Waals surface area contributed by atoms with Crippen molar-refractivity contribution in [1.82, 2.24) is 4.90 Å². The molecular formula is C10H21NS. The van der Waals surface area contributed by atoms with E-state index in [4.69, 9.17) is 0 Å². The van der Waals surface area contributed by atoms with Crippen molar-refractivity contribution in [3.8, 4) is 0 Å². The molecule has 1 unspecified atom stereocenters. The van der Waals surface area contributed by atoms with Gasteiger partial charge in [0.2, 0.25) is 0 Å². The first kappa shape index (κ1) is 10.4. The predicted molar refractivity (Wildman–Crippen MR) is 57.9 cm³/mol. The molecule has 0 saturated heterocycles. The largest absolute Gasteiger partial charge is 0.300 e. The van der Waals surface area contributed by atoms with E-state index in [1.165, 1.54) is 32.4 Å². The van der Waals surface area contributed by atoms with Crippen LogP contribution in [0.2, 0.25) is 0 Å². The molecule has 0 aromatic carbocycles. The maximum Gasteiger partial charge on any atom is 0.00965 e. The number of hydrogen-bond donors (Lipinski definition) is 1. The average Bonchev–Trinajstić information content (AvgIpc) is 2.86. The van der Waals surface area contributed by atoms with Crippen LogP contribution in [0.3, 0.4) is 0 Å². The van der Waals surface area contributed by atoms with Crippen LogP contribution in [0.25, 0.3) is 0 Å². The quantitative estimate of drug-likeness (QED) is 0.625. The summed E-state index contributed by atoms with van der Waals surface area (Å²) in [5, 5.41) is 0. The summed E-state index contributed by atoms with van der Waals surface area (Å²) < 4.78 is 0. The zero-order valence-corrected chi connectivity index (χ0v) is 9.19. The molecule has 0 N–H and O–H groups in total. The lowest BCUT2D eigenvalue weighted by Crippen LogP contribution is -2.31. The molecular weight excluding hydrogens is 166 g/mol. The standard InChI is InChI=1S/C10H21NS/c1-3-6-11(10-4-5-10)7-9(2)8-12/h9-10,12H,3-8H2,1-2H3. The lowest BCUT2D eigenvalue weighted by Gasteiger charge is -2.24. The van der Waals surface area contributed by atoms with Gasteiger partial charge in [-0.05, 0) is 37.5 Å². The minimum absolute atomic E-state index is 0.750. The van der Waals surface area contributed by atoms with E-state index in [1.807, 2.05) is 0 Å². The van der Waals surface area contributed by atoms with Gasteiger partial charge in [-0.1, -0.05) is 13.8 Å². The molecule has 1 fully saturated rings. The van der Waals surface area contributed by atoms with E-state index in [0.29, 0.717) is 0 Å². The Balaban J connectivity index is 2.22. The predicted octanol–water partition coefficient (Wildman–Crippen LogP) is 2.43. The molecule has 1 saturated carbocycles. The van der Waals surface area contributed by atoms with E-state index < -0.39 is 0 Å². The van der Waals surface area contributed by atoms with Crippen molar-refractivity contribution in [2.45, 2.75) is 39.2 Å². The van der Waals surface area contributed by atoms with Crippen molar-refractivity contribution < 1.29 is 0 Å². The van der Waals surface area contributed by atoms with Gasteiger partial charge in [0.1, 0.15) is 0 Å². The Kier molecular flexibility index (Phi) is 4.44. The summed E-state index contributed by atoms with van der Waals surface area (Å²) in [5.41, 5.74) is 0. The summed E-state index contributed by atoms with van der Waals surface area (Å²) in [6, 6.07) is 0.923. The first-order chi connectivity index (χ1) is 5.77. The second kappa shape index (κ2) is 5.13. The van der Waals surface area contributed by atoms with Gasteiger partial charge < -0.3 is 4.90 Å². The van der Waals surface area contributed by atoms with E-state index in [9.17, 15) is 0 Å². The third-order valence-electron chi connectivity index (χ3n) is 2.43. The van der Waals surface area contributed by atoms with Gasteiger partial charge in [0.05, 0.1) is 0 Å². The van der Waals surface area contributed by atoms with Gasteiger partial charge in [0, 0.05) is 12.6 Å². The second-order valence-corrected chi connectivity index (χ2v) is 4.38. The lowest BCUT2D eigenvalue weighted by molar-refractivity contribution is 0.236. The van der Waals surface area contributed by atoms with E-state index in [-0.39, 0.29) is 0 Å². The van der Waals surface area contributed by atoms with Crippen LogP contribution in [0.1, 0.15) is 33.1 Å². The van der Waals surface area contributed by atoms with Crippen LogP contribution < -0.4 is 0 Å². The monoisotopic (exact) mass is 187 g/mol. The van der Waals surface area contributed by atoms with Gasteiger partial charge in [0.15, 0.2) is 0 Å². The Morgan fingerprint density at radius 2 is 2.17 bits per heavy atom. The fourth-order valence-corrected chi connectivity index (χ4v) is 1.72. The fourth-order valence-electron chi connectivity index (χ4n) is 1.61. The Labute approximate surface area is 81.9 Å². The Bertz CT molecular complexity index is 123. The first-order valence-electron chi connectivity index (χ1n) is 5.12. The first-order valence-corrected chi connectivity index (χ1v) is 5.76. The molecule has 0 radical (unpaired) electrons. The summed E-state index contributed by atoms with van der Waals surface area (Å²) in [6.07, 6.45) is 4.15. The van der Waals surface area contributed by atoms with Crippen molar-refractivity contribution in [2.24, 2.45) is 5.92 Å². The normalized spacial score (nSPS) is 20.0. The highest BCUT2D eigenvalue weighted by Gasteiger charge is 2.28. The van der Waals surface area contributed by atoms with Crippen molar-refractivity contribution in [3.63, 3.8) is 0 Å². The molecule has 0 aliphatic heterocycles. The van der Waals surface area contributed by atoms with E-state index >= 15 is 0 Å². The Hall–Kier alpha value is 0.310. The molecule has 2 heteroatoms. The zero-order chi connectivity index (χ0) is 8.97. The van der Waals surface area contributed by atoms with Crippen LogP contribution in [-0.2, 0) is 0 Å². The third kappa shape index (κ3) is 3.36. The smallest absolute Gasteiger partial charge is 0.00965 e. The summed E-state index contributed by atoms with van der Waals surface area (Å²) in [6.45, 7) is 7.09. The van der Waals surface area contributed by atoms with Crippen molar-refractivity contribution >= 4 is 12.6 Å². The minimum atomic E-state index is 0.750. The number of thiol groups is 1. The topological polar surface area (TPSA) is 3.24 Å². The summed E-state index contributed by atoms with van der Waals surface area (Å²) in [5.74, 6) is 1.77. The molecule has 72 valence electrons. The van der Waals surface area contributed by atoms with Crippen LogP contribution in [0.5, 0.6) is 0 Å². The summed E-state index contributed by atoms with van der Waals surface area (Å²) >= 11 is 4.32. The van der Waals surface area contributed by atoms with Crippen molar-refractivity contribution in [3.05, 3.63) is 0 Å². The molecule has 1 rings (SSSR count). The van der Waals surface area contributed by atoms with Gasteiger partial charge in [-0.25, -0.2) is 0 Å². The molecule has 1 atom stereocenters. The molecule has 0 aromatic rings. The van der Waals surface area contributed by atoms with E-state index in [2.05, 4.69) is 31.4 Å². The van der Waals surface area contributed by atoms with Crippen LogP contribution in [0.4, 0.5) is 0 Å². The maximum absolute atomic E-state index is 4.32. The molecule has 12 heavy (non-hydrogen) atoms. The molecule has 1 aliphatic carbocycles. The highest BCUT2D eigenvalue weighted by atomic mass is 32.1. The van der Waals surface area contributed by atoms with Crippen LogP contribution >= 0.6 is 12.6 Å². The van der Waals surface area contributed by atoms with Crippen molar-refractivity contribution in [2.75, 3.05) is 18.8 Å². The maximum atomic E-state index is 4.32. The average molecular weight is 187 g/mol. The van der Waals surface area contributed by atoms with Gasteiger partial charge in [0.25, 0.3) is 0 Å². The van der Waals surface area contributed by atoms with Gasteiger partial charge in [-0.15, -0.1) is 0 Å². The summed E-state index contributed by atoms with van der Waals surface area (Å²) in [7, 11) is 0. The molecule has 0 aromatic heterocycles. The lowest BCUT2D eigenvalue weighted by atomic mass is 10.2. The van der Waals surface area contributed by atoms with Crippen LogP contribution in [-0.4, -0.2) is 29.8 Å². The van der Waals surface area contributed by atoms with Crippen LogP contribution in [0, 0.1) is 5.92 Å². The second-order valence-electron chi connectivity index (χ2n) is 4.01. The van der Waals surface area contributed by atoms with Gasteiger partial charge in [-0.2, -0.15) is 12.6 Å². The Morgan fingerprint density at radius 3 is 2.58 bits per heavy atom. The summed E-state index contributed by atoms with van der Waals surface area (Å²) in [4.78, 5) is 2.64. The minimum Gasteiger partial charge on any atom is -0.300 e. The molecule has 0 amide bonds. The fraction of sp³-hybridized carbons (Fsp3) is 1.00. The molecule has 0 spiro atoms. The number of rotatable bonds is 6. The molecule has 1 aliphatic rings. The van der Waals surface area contributed by atoms with E-state index in [0.717, 1.165) is 17.7 Å². The molecule has 1 nitrogen and oxygen atoms in total. The van der Waals surface area contributed by atoms with Gasteiger partial charge in [-0.3, -0.25) is 0 Å². The molecule has 0 heterocycles.